The van der Waals surface area contributed by atoms with Gasteiger partial charge in [-0.05, 0) is 45.2 Å². The molecule has 0 heterocycles. The molecule has 0 radical (unpaired) electrons. The monoisotopic (exact) mass is 198 g/mol. The molecule has 84 valence electrons. The van der Waals surface area contributed by atoms with Crippen LogP contribution in [0.15, 0.2) is 0 Å². The van der Waals surface area contributed by atoms with Gasteiger partial charge >= 0.3 is 0 Å². The number of hydrogen-bond donors (Lipinski definition) is 1. The van der Waals surface area contributed by atoms with Crippen molar-refractivity contribution in [3.63, 3.8) is 0 Å². The maximum atomic E-state index is 5.83. The molecule has 0 aromatic carbocycles. The maximum Gasteiger partial charge on any atom is 0.0138 e. The Morgan fingerprint density at radius 3 is 2.57 bits per heavy atom. The highest BCUT2D eigenvalue weighted by molar-refractivity contribution is 4.87. The van der Waals surface area contributed by atoms with Crippen LogP contribution in [0.3, 0.4) is 0 Å². The first-order valence-corrected chi connectivity index (χ1v) is 6.20. The topological polar surface area (TPSA) is 29.3 Å². The molecule has 1 saturated carbocycles. The van der Waals surface area contributed by atoms with Crippen molar-refractivity contribution in [3.8, 4) is 0 Å². The minimum absolute atomic E-state index is 0.720. The minimum atomic E-state index is 0.720. The van der Waals surface area contributed by atoms with Gasteiger partial charge in [0.05, 0.1) is 0 Å². The summed E-state index contributed by atoms with van der Waals surface area (Å²) in [5.41, 5.74) is 5.83. The summed E-state index contributed by atoms with van der Waals surface area (Å²) in [6, 6.07) is 1.48. The van der Waals surface area contributed by atoms with Crippen molar-refractivity contribution < 1.29 is 0 Å². The third kappa shape index (κ3) is 2.48. The highest BCUT2D eigenvalue weighted by Gasteiger charge is 2.31. The molecule has 2 nitrogen and oxygen atoms in total. The van der Waals surface area contributed by atoms with E-state index in [-0.39, 0.29) is 0 Å². The lowest BCUT2D eigenvalue weighted by Crippen LogP contribution is -2.45. The summed E-state index contributed by atoms with van der Waals surface area (Å²) in [6.45, 7) is 8.95. The summed E-state index contributed by atoms with van der Waals surface area (Å²) in [6.07, 6.45) is 5.33. The summed E-state index contributed by atoms with van der Waals surface area (Å²) in [5.74, 6) is 0.754. The van der Waals surface area contributed by atoms with Crippen LogP contribution in [-0.2, 0) is 0 Å². The van der Waals surface area contributed by atoms with Crippen LogP contribution in [0.5, 0.6) is 0 Å². The molecule has 2 N–H and O–H groups in total. The van der Waals surface area contributed by atoms with Crippen LogP contribution in [0.25, 0.3) is 0 Å². The van der Waals surface area contributed by atoms with Crippen molar-refractivity contribution in [2.45, 2.75) is 58.5 Å². The van der Waals surface area contributed by atoms with Crippen LogP contribution in [0.1, 0.15) is 46.5 Å². The molecule has 1 aliphatic rings. The van der Waals surface area contributed by atoms with Gasteiger partial charge in [0.15, 0.2) is 0 Å². The van der Waals surface area contributed by atoms with E-state index in [1.165, 1.54) is 32.2 Å². The lowest BCUT2D eigenvalue weighted by atomic mass is 10.0. The molecule has 0 aromatic rings. The molecule has 1 rings (SSSR count). The van der Waals surface area contributed by atoms with Gasteiger partial charge in [-0.1, -0.05) is 20.3 Å². The van der Waals surface area contributed by atoms with Gasteiger partial charge in [-0.3, -0.25) is 4.90 Å². The molecular weight excluding hydrogens is 172 g/mol. The van der Waals surface area contributed by atoms with Gasteiger partial charge < -0.3 is 5.73 Å². The first-order chi connectivity index (χ1) is 6.74. The van der Waals surface area contributed by atoms with E-state index in [9.17, 15) is 0 Å². The van der Waals surface area contributed by atoms with Crippen molar-refractivity contribution in [2.24, 2.45) is 11.7 Å². The Morgan fingerprint density at radius 2 is 2.07 bits per heavy atom. The standard InChI is InChI=1S/C12H26N2/c1-4-10(3)14(5-2)12-8-6-7-11(12)9-13/h10-12H,4-9,13H2,1-3H3. The van der Waals surface area contributed by atoms with E-state index in [2.05, 4.69) is 25.7 Å². The fourth-order valence-corrected chi connectivity index (χ4v) is 2.84. The first kappa shape index (κ1) is 12.0. The predicted octanol–water partition coefficient (Wildman–Crippen LogP) is 2.23. The van der Waals surface area contributed by atoms with E-state index in [0.29, 0.717) is 0 Å². The molecule has 3 unspecified atom stereocenters. The van der Waals surface area contributed by atoms with Gasteiger partial charge in [0.1, 0.15) is 0 Å². The maximum absolute atomic E-state index is 5.83. The second-order valence-corrected chi connectivity index (χ2v) is 4.58. The molecule has 0 bridgehead atoms. The Bertz CT molecular complexity index is 158. The minimum Gasteiger partial charge on any atom is -0.330 e. The number of hydrogen-bond acceptors (Lipinski definition) is 2. The van der Waals surface area contributed by atoms with Crippen LogP contribution >= 0.6 is 0 Å². The Labute approximate surface area is 88.8 Å². The lowest BCUT2D eigenvalue weighted by molar-refractivity contribution is 0.120. The predicted molar refractivity (Wildman–Crippen MR) is 62.3 cm³/mol. The van der Waals surface area contributed by atoms with Crippen molar-refractivity contribution in [1.29, 1.82) is 0 Å². The van der Waals surface area contributed by atoms with Gasteiger partial charge in [-0.15, -0.1) is 0 Å². The third-order valence-electron chi connectivity index (χ3n) is 3.87. The Balaban J connectivity index is 2.58. The second kappa shape index (κ2) is 5.72. The molecule has 0 aliphatic heterocycles. The molecule has 2 heteroatoms. The van der Waals surface area contributed by atoms with Gasteiger partial charge in [0.25, 0.3) is 0 Å². The first-order valence-electron chi connectivity index (χ1n) is 6.20. The number of nitrogens with zero attached hydrogens (tertiary/aromatic N) is 1. The zero-order chi connectivity index (χ0) is 10.6. The Kier molecular flexibility index (Phi) is 4.90. The average molecular weight is 198 g/mol. The molecule has 14 heavy (non-hydrogen) atoms. The zero-order valence-electron chi connectivity index (χ0n) is 10.00. The van der Waals surface area contributed by atoms with E-state index in [1.54, 1.807) is 0 Å². The molecule has 3 atom stereocenters. The largest absolute Gasteiger partial charge is 0.330 e. The van der Waals surface area contributed by atoms with E-state index in [0.717, 1.165) is 24.5 Å². The fraction of sp³-hybridized carbons (Fsp3) is 1.00. The second-order valence-electron chi connectivity index (χ2n) is 4.58. The number of rotatable bonds is 5. The van der Waals surface area contributed by atoms with Crippen LogP contribution < -0.4 is 5.73 Å². The lowest BCUT2D eigenvalue weighted by Gasteiger charge is -2.36. The van der Waals surface area contributed by atoms with Crippen molar-refractivity contribution >= 4 is 0 Å². The van der Waals surface area contributed by atoms with Gasteiger partial charge in [0.2, 0.25) is 0 Å². The van der Waals surface area contributed by atoms with E-state index < -0.39 is 0 Å². The van der Waals surface area contributed by atoms with Crippen LogP contribution in [0, 0.1) is 5.92 Å². The summed E-state index contributed by atoms with van der Waals surface area (Å²) in [5, 5.41) is 0. The highest BCUT2D eigenvalue weighted by atomic mass is 15.2. The third-order valence-corrected chi connectivity index (χ3v) is 3.87. The average Bonchev–Trinajstić information content (AvgIpc) is 2.66. The van der Waals surface area contributed by atoms with Crippen LogP contribution in [0.2, 0.25) is 0 Å². The van der Waals surface area contributed by atoms with E-state index in [1.807, 2.05) is 0 Å². The summed E-state index contributed by atoms with van der Waals surface area (Å²) < 4.78 is 0. The Hall–Kier alpha value is -0.0800. The van der Waals surface area contributed by atoms with Crippen molar-refractivity contribution in [1.82, 2.24) is 4.90 Å². The fourth-order valence-electron chi connectivity index (χ4n) is 2.84. The quantitative estimate of drug-likeness (QED) is 0.734. The summed E-state index contributed by atoms with van der Waals surface area (Å²) in [7, 11) is 0. The van der Waals surface area contributed by atoms with Crippen LogP contribution in [-0.4, -0.2) is 30.1 Å². The molecule has 1 aliphatic carbocycles. The molecule has 0 aromatic heterocycles. The molecule has 1 fully saturated rings. The smallest absolute Gasteiger partial charge is 0.0138 e. The molecule has 0 amide bonds. The highest BCUT2D eigenvalue weighted by Crippen LogP contribution is 2.30. The zero-order valence-corrected chi connectivity index (χ0v) is 10.00. The van der Waals surface area contributed by atoms with Crippen molar-refractivity contribution in [2.75, 3.05) is 13.1 Å². The SMILES string of the molecule is CCC(C)N(CC)C1CCCC1CN. The molecule has 0 spiro atoms. The van der Waals surface area contributed by atoms with Gasteiger partial charge in [-0.2, -0.15) is 0 Å². The van der Waals surface area contributed by atoms with E-state index >= 15 is 0 Å². The molecule has 0 saturated heterocycles. The normalized spacial score (nSPS) is 29.8. The van der Waals surface area contributed by atoms with Gasteiger partial charge in [0, 0.05) is 12.1 Å². The Morgan fingerprint density at radius 1 is 1.36 bits per heavy atom. The van der Waals surface area contributed by atoms with Crippen molar-refractivity contribution in [3.05, 3.63) is 0 Å². The van der Waals surface area contributed by atoms with Crippen LogP contribution in [0.4, 0.5) is 0 Å². The molecular formula is C12H26N2. The number of nitrogens with two attached hydrogens (primary N) is 1. The summed E-state index contributed by atoms with van der Waals surface area (Å²) >= 11 is 0. The van der Waals surface area contributed by atoms with E-state index in [4.69, 9.17) is 5.73 Å². The summed E-state index contributed by atoms with van der Waals surface area (Å²) in [4.78, 5) is 2.66. The van der Waals surface area contributed by atoms with Gasteiger partial charge in [-0.25, -0.2) is 0 Å².